The number of ether oxygens (including phenoxy) is 4. The van der Waals surface area contributed by atoms with E-state index in [1.165, 1.54) is 41.9 Å². The normalized spacial score (nSPS) is 17.1. The van der Waals surface area contributed by atoms with Gasteiger partial charge in [0, 0.05) is 30.1 Å². The highest BCUT2D eigenvalue weighted by molar-refractivity contribution is 7.18. The second-order valence-electron chi connectivity index (χ2n) is 7.74. The minimum atomic E-state index is -2.68. The Bertz CT molecular complexity index is 1610. The molecule has 1 aliphatic rings. The van der Waals surface area contributed by atoms with Crippen LogP contribution in [0.2, 0.25) is 0 Å². The molecule has 1 saturated heterocycles. The summed E-state index contributed by atoms with van der Waals surface area (Å²) in [6, 6.07) is 4.65. The Hall–Kier alpha value is -3.35. The number of aromatic nitrogens is 4. The van der Waals surface area contributed by atoms with Crippen LogP contribution in [0.3, 0.4) is 0 Å². The largest absolute Gasteiger partial charge is 0.496 e. The molecule has 4 aromatic heterocycles. The lowest BCUT2D eigenvalue weighted by Crippen LogP contribution is -2.36. The summed E-state index contributed by atoms with van der Waals surface area (Å²) >= 11 is 2.78. The smallest absolute Gasteiger partial charge is 0.294 e. The van der Waals surface area contributed by atoms with Gasteiger partial charge in [-0.05, 0) is 24.3 Å². The zero-order valence-electron chi connectivity index (χ0n) is 22.8. The molecule has 10 nitrogen and oxygen atoms in total. The van der Waals surface area contributed by atoms with Gasteiger partial charge >= 0.3 is 0 Å². The zero-order valence-corrected chi connectivity index (χ0v) is 20.4. The highest BCUT2D eigenvalue weighted by Crippen LogP contribution is 2.38. The molecule has 0 amide bonds. The van der Waals surface area contributed by atoms with Gasteiger partial charge < -0.3 is 28.3 Å². The predicted octanol–water partition coefficient (Wildman–Crippen LogP) is 4.40. The second-order valence-corrected chi connectivity index (χ2v) is 9.84. The molecule has 35 heavy (non-hydrogen) atoms. The number of furan rings is 1. The maximum Gasteiger partial charge on any atom is 0.294 e. The molecule has 0 saturated carbocycles. The number of morpholine rings is 1. The Morgan fingerprint density at radius 3 is 2.86 bits per heavy atom. The molecule has 0 radical (unpaired) electrons. The first-order valence-electron chi connectivity index (χ1n) is 12.8. The van der Waals surface area contributed by atoms with Crippen molar-refractivity contribution in [2.45, 2.75) is 13.5 Å². The summed E-state index contributed by atoms with van der Waals surface area (Å²) in [5.41, 5.74) is 1.32. The molecule has 182 valence electrons. The lowest BCUT2D eigenvalue weighted by molar-refractivity contribution is 0.122. The van der Waals surface area contributed by atoms with Crippen molar-refractivity contribution in [1.29, 1.82) is 0 Å². The molecule has 1 atom stereocenters. The monoisotopic (exact) mass is 517 g/mol. The third-order valence-corrected chi connectivity index (χ3v) is 7.47. The van der Waals surface area contributed by atoms with Gasteiger partial charge in [-0.15, -0.1) is 16.4 Å². The lowest BCUT2D eigenvalue weighted by Gasteiger charge is -2.26. The number of hydrogen-bond donors (Lipinski definition) is 0. The van der Waals surface area contributed by atoms with Crippen molar-refractivity contribution in [2.75, 3.05) is 45.4 Å². The molecular formula is C23H23N5O5S2. The summed E-state index contributed by atoms with van der Waals surface area (Å²) in [4.78, 5) is 12.8. The van der Waals surface area contributed by atoms with Crippen LogP contribution in [-0.4, -0.2) is 60.0 Å². The lowest BCUT2D eigenvalue weighted by atomic mass is 10.2. The fourth-order valence-corrected chi connectivity index (χ4v) is 5.39. The number of anilines is 1. The molecule has 1 fully saturated rings. The van der Waals surface area contributed by atoms with Crippen LogP contribution in [0.1, 0.15) is 16.1 Å². The first kappa shape index (κ1) is 18.0. The summed E-state index contributed by atoms with van der Waals surface area (Å²) < 4.78 is 60.7. The summed E-state index contributed by atoms with van der Waals surface area (Å²) in [7, 11) is -1.15. The van der Waals surface area contributed by atoms with Gasteiger partial charge in [0.2, 0.25) is 4.96 Å². The van der Waals surface area contributed by atoms with Gasteiger partial charge in [-0.1, -0.05) is 0 Å². The number of methoxy groups -OCH3 is 2. The van der Waals surface area contributed by atoms with Crippen LogP contribution < -0.4 is 19.1 Å². The van der Waals surface area contributed by atoms with Crippen LogP contribution >= 0.6 is 22.7 Å². The van der Waals surface area contributed by atoms with Gasteiger partial charge in [-0.25, -0.2) is 14.5 Å². The predicted molar refractivity (Wildman–Crippen MR) is 133 cm³/mol. The van der Waals surface area contributed by atoms with Gasteiger partial charge in [0.05, 0.1) is 50.1 Å². The number of nitrogens with zero attached hydrogens (tertiary/aromatic N) is 5. The van der Waals surface area contributed by atoms with Crippen LogP contribution in [0.5, 0.6) is 16.7 Å². The van der Waals surface area contributed by atoms with Crippen LogP contribution in [0.15, 0.2) is 28.8 Å². The standard InChI is InChI=1S/C23H23N5O5S2/c1-13-17(25-21(34-13)27-4-6-31-7-5-27)12-32-18-8-14(29-2)9-19-15(18)10-20(33-19)16-11-28-22(24-16)35-23(26-28)30-3/h8-11H,4-7,12H2,1-3H3/i2D3,12D. The molecule has 5 aromatic rings. The average Bonchev–Trinajstić information content (AvgIpc) is 3.65. The van der Waals surface area contributed by atoms with Gasteiger partial charge in [0.25, 0.3) is 5.19 Å². The van der Waals surface area contributed by atoms with Crippen molar-refractivity contribution in [3.05, 3.63) is 35.0 Å². The Morgan fingerprint density at radius 1 is 1.17 bits per heavy atom. The SMILES string of the molecule is [2H]C(Oc1cc(OC([2H])([2H])[2H])cc2oc(-c3cn4nc(OC)sc4n3)cc12)c1nc(N2CCOCC2)sc1C. The minimum Gasteiger partial charge on any atom is -0.496 e. The van der Waals surface area contributed by atoms with Gasteiger partial charge in [-0.2, -0.15) is 0 Å². The quantitative estimate of drug-likeness (QED) is 0.311. The Morgan fingerprint density at radius 2 is 2.06 bits per heavy atom. The van der Waals surface area contributed by atoms with E-state index in [9.17, 15) is 0 Å². The van der Waals surface area contributed by atoms with Crippen LogP contribution in [0, 0.1) is 6.92 Å². The number of fused-ring (bicyclic) bond motifs is 2. The third-order valence-electron chi connectivity index (χ3n) is 5.54. The number of aryl methyl sites for hydroxylation is 1. The molecule has 6 rings (SSSR count). The van der Waals surface area contributed by atoms with Crippen molar-refractivity contribution >= 4 is 43.7 Å². The number of rotatable bonds is 7. The number of hydrogen-bond acceptors (Lipinski definition) is 11. The van der Waals surface area contributed by atoms with Crippen molar-refractivity contribution in [2.24, 2.45) is 0 Å². The Kier molecular flexibility index (Phi) is 4.64. The van der Waals surface area contributed by atoms with Crippen molar-refractivity contribution in [1.82, 2.24) is 19.6 Å². The summed E-state index contributed by atoms with van der Waals surface area (Å²) in [6.07, 6.45) is 1.70. The van der Waals surface area contributed by atoms with Crippen LogP contribution in [0.4, 0.5) is 5.13 Å². The fraction of sp³-hybridized carbons (Fsp3) is 0.348. The van der Waals surface area contributed by atoms with Gasteiger partial charge in [0.15, 0.2) is 10.9 Å². The van der Waals surface area contributed by atoms with Crippen molar-refractivity contribution < 1.29 is 28.8 Å². The fourth-order valence-electron chi connectivity index (χ4n) is 3.76. The summed E-state index contributed by atoms with van der Waals surface area (Å²) in [5, 5.41) is 6.10. The van der Waals surface area contributed by atoms with E-state index in [0.29, 0.717) is 51.5 Å². The molecule has 0 spiro atoms. The molecule has 1 aromatic carbocycles. The van der Waals surface area contributed by atoms with Crippen LogP contribution in [-0.2, 0) is 11.3 Å². The highest BCUT2D eigenvalue weighted by atomic mass is 32.1. The Labute approximate surface area is 214 Å². The molecule has 12 heteroatoms. The molecule has 1 aliphatic heterocycles. The summed E-state index contributed by atoms with van der Waals surface area (Å²) in [6.45, 7) is 3.45. The molecular weight excluding hydrogens is 490 g/mol. The van der Waals surface area contributed by atoms with Crippen molar-refractivity contribution in [3.8, 4) is 28.1 Å². The third kappa shape index (κ3) is 4.17. The molecule has 0 bridgehead atoms. The average molecular weight is 518 g/mol. The first-order valence-corrected chi connectivity index (χ1v) is 12.4. The number of thiazole rings is 1. The topological polar surface area (TPSA) is 96.4 Å². The minimum absolute atomic E-state index is 0.0202. The molecule has 1 unspecified atom stereocenters. The van der Waals surface area contributed by atoms with E-state index in [1.807, 2.05) is 6.92 Å². The van der Waals surface area contributed by atoms with E-state index < -0.39 is 13.6 Å². The maximum absolute atomic E-state index is 8.77. The van der Waals surface area contributed by atoms with Gasteiger partial charge in [-0.3, -0.25) is 0 Å². The van der Waals surface area contributed by atoms with E-state index >= 15 is 0 Å². The van der Waals surface area contributed by atoms with E-state index in [0.717, 1.165) is 23.1 Å². The Balaban J connectivity index is 1.35. The maximum atomic E-state index is 8.77. The van der Waals surface area contributed by atoms with Crippen molar-refractivity contribution in [3.63, 3.8) is 0 Å². The highest BCUT2D eigenvalue weighted by Gasteiger charge is 2.20. The number of benzene rings is 1. The molecule has 0 N–H and O–H groups in total. The summed E-state index contributed by atoms with van der Waals surface area (Å²) in [5.74, 6) is 0.660. The second kappa shape index (κ2) is 9.02. The van der Waals surface area contributed by atoms with E-state index in [4.69, 9.17) is 28.8 Å². The van der Waals surface area contributed by atoms with Gasteiger partial charge in [0.1, 0.15) is 29.4 Å². The molecule has 0 aliphatic carbocycles. The first-order chi connectivity index (χ1) is 18.7. The zero-order chi connectivity index (χ0) is 27.3. The van der Waals surface area contributed by atoms with E-state index in [1.54, 1.807) is 16.8 Å². The van der Waals surface area contributed by atoms with E-state index in [-0.39, 0.29) is 11.5 Å². The van der Waals surface area contributed by atoms with Crippen LogP contribution in [0.25, 0.3) is 27.4 Å². The number of imidazole rings is 1. The molecule has 5 heterocycles. The van der Waals surface area contributed by atoms with E-state index in [2.05, 4.69) is 20.0 Å².